The fourth-order valence-electron chi connectivity index (χ4n) is 4.45. The van der Waals surface area contributed by atoms with Crippen LogP contribution >= 0.6 is 0 Å². The lowest BCUT2D eigenvalue weighted by Gasteiger charge is -2.37. The Hall–Kier alpha value is -2.40. The largest absolute Gasteiger partial charge is 0.491 e. The number of hydrogen-bond donors (Lipinski definition) is 4. The van der Waals surface area contributed by atoms with E-state index in [0.29, 0.717) is 31.6 Å². The molecule has 0 amide bonds. The predicted octanol–water partition coefficient (Wildman–Crippen LogP) is -0.568. The number of sulfonamides is 2. The minimum Gasteiger partial charge on any atom is -0.491 e. The second-order valence-corrected chi connectivity index (χ2v) is 12.9. The first-order valence-electron chi connectivity index (χ1n) is 11.8. The summed E-state index contributed by atoms with van der Waals surface area (Å²) in [5, 5.41) is 22.8. The van der Waals surface area contributed by atoms with E-state index >= 15 is 0 Å². The van der Waals surface area contributed by atoms with Gasteiger partial charge in [-0.15, -0.1) is 0 Å². The van der Waals surface area contributed by atoms with Crippen LogP contribution in [0.5, 0.6) is 11.8 Å². The Morgan fingerprint density at radius 1 is 1.19 bits per heavy atom. The fraction of sp³-hybridized carbons (Fsp3) is 0.545. The van der Waals surface area contributed by atoms with E-state index in [0.717, 1.165) is 12.4 Å². The quantitative estimate of drug-likeness (QED) is 0.294. The van der Waals surface area contributed by atoms with E-state index in [2.05, 4.69) is 20.0 Å². The van der Waals surface area contributed by atoms with Gasteiger partial charge in [0.2, 0.25) is 20.0 Å². The van der Waals surface area contributed by atoms with Crippen LogP contribution in [0.4, 0.5) is 0 Å². The van der Waals surface area contributed by atoms with E-state index in [1.807, 2.05) is 0 Å². The van der Waals surface area contributed by atoms with Crippen LogP contribution in [0.3, 0.4) is 0 Å². The lowest BCUT2D eigenvalue weighted by molar-refractivity contribution is -0.0312. The molecule has 2 aromatic rings. The van der Waals surface area contributed by atoms with Crippen molar-refractivity contribution in [1.82, 2.24) is 24.3 Å². The van der Waals surface area contributed by atoms with E-state index in [1.54, 1.807) is 12.1 Å². The van der Waals surface area contributed by atoms with Crippen LogP contribution in [0.15, 0.2) is 46.5 Å². The maximum atomic E-state index is 12.8. The summed E-state index contributed by atoms with van der Waals surface area (Å²) in [4.78, 5) is 7.11. The zero-order valence-electron chi connectivity index (χ0n) is 20.3. The zero-order valence-corrected chi connectivity index (χ0v) is 21.9. The molecule has 2 saturated heterocycles. The molecule has 13 nitrogen and oxygen atoms in total. The van der Waals surface area contributed by atoms with Crippen molar-refractivity contribution < 1.29 is 36.5 Å². The van der Waals surface area contributed by atoms with Crippen LogP contribution in [0.1, 0.15) is 19.3 Å². The first kappa shape index (κ1) is 27.6. The van der Waals surface area contributed by atoms with Crippen molar-refractivity contribution in [3.05, 3.63) is 36.7 Å². The molecule has 3 heterocycles. The number of aliphatic hydroxyl groups is 1. The first-order chi connectivity index (χ1) is 17.5. The number of rotatable bonds is 10. The van der Waals surface area contributed by atoms with Crippen LogP contribution in [-0.2, 0) is 24.8 Å². The summed E-state index contributed by atoms with van der Waals surface area (Å²) in [6.45, 7) is 1.24. The second kappa shape index (κ2) is 11.1. The third-order valence-electron chi connectivity index (χ3n) is 6.56. The number of nitrogens with zero attached hydrogens (tertiary/aromatic N) is 3. The van der Waals surface area contributed by atoms with Gasteiger partial charge in [0.1, 0.15) is 23.4 Å². The summed E-state index contributed by atoms with van der Waals surface area (Å²) in [6.07, 6.45) is 3.08. The average Bonchev–Trinajstić information content (AvgIpc) is 3.29. The SMILES string of the molecule is CNS(=O)(=O)c1cccc(OCC(O)CNC2COC3(CCN(S(=O)(=O)c4cnc(O)nc4)CC3)C2)c1. The normalized spacial score (nSPS) is 21.2. The molecule has 1 aromatic carbocycles. The first-order valence-corrected chi connectivity index (χ1v) is 14.7. The molecule has 2 fully saturated rings. The number of nitrogens with one attached hydrogen (secondary N) is 2. The lowest BCUT2D eigenvalue weighted by atomic mass is 9.88. The minimum atomic E-state index is -3.76. The van der Waals surface area contributed by atoms with E-state index in [-0.39, 0.29) is 42.1 Å². The molecule has 15 heteroatoms. The molecule has 0 radical (unpaired) electrons. The number of piperidine rings is 1. The Bertz CT molecular complexity index is 1280. The topological polar surface area (TPSA) is 180 Å². The molecule has 2 aliphatic rings. The van der Waals surface area contributed by atoms with Gasteiger partial charge in [0.05, 0.1) is 29.5 Å². The van der Waals surface area contributed by atoms with Crippen molar-refractivity contribution >= 4 is 20.0 Å². The standard InChI is InChI=1S/C22H31N5O8S2/c1-23-36(30,31)19-4-2-3-18(9-19)34-15-17(28)11-24-16-10-22(35-14-16)5-7-27(8-6-22)37(32,33)20-12-25-21(29)26-13-20/h2-4,9,12-13,16-17,23-24,28H,5-8,10-11,14-15H2,1H3,(H,25,26,29). The highest BCUT2D eigenvalue weighted by atomic mass is 32.2. The molecule has 2 unspecified atom stereocenters. The number of ether oxygens (including phenoxy) is 2. The van der Waals surface area contributed by atoms with Crippen molar-refractivity contribution in [2.75, 3.05) is 39.9 Å². The van der Waals surface area contributed by atoms with Crippen molar-refractivity contribution in [2.45, 2.75) is 46.8 Å². The summed E-state index contributed by atoms with van der Waals surface area (Å²) < 4.78 is 64.8. The van der Waals surface area contributed by atoms with Gasteiger partial charge >= 0.3 is 6.01 Å². The van der Waals surface area contributed by atoms with Crippen molar-refractivity contribution in [3.8, 4) is 11.8 Å². The number of aromatic nitrogens is 2. The van der Waals surface area contributed by atoms with Crippen LogP contribution in [0.2, 0.25) is 0 Å². The van der Waals surface area contributed by atoms with E-state index in [4.69, 9.17) is 9.47 Å². The van der Waals surface area contributed by atoms with Gasteiger partial charge < -0.3 is 25.0 Å². The molecular formula is C22H31N5O8S2. The van der Waals surface area contributed by atoms with Gasteiger partial charge in [0, 0.05) is 31.7 Å². The van der Waals surface area contributed by atoms with Crippen LogP contribution in [-0.4, -0.2) is 99.0 Å². The monoisotopic (exact) mass is 557 g/mol. The summed E-state index contributed by atoms with van der Waals surface area (Å²) >= 11 is 0. The van der Waals surface area contributed by atoms with E-state index < -0.39 is 37.8 Å². The third-order valence-corrected chi connectivity index (χ3v) is 9.83. The average molecular weight is 558 g/mol. The summed E-state index contributed by atoms with van der Waals surface area (Å²) in [5.74, 6) is 0.333. The van der Waals surface area contributed by atoms with Crippen LogP contribution < -0.4 is 14.8 Å². The molecule has 1 aromatic heterocycles. The fourth-order valence-corrected chi connectivity index (χ4v) is 6.55. The Labute approximate surface area is 215 Å². The van der Waals surface area contributed by atoms with Gasteiger partial charge in [0.15, 0.2) is 0 Å². The second-order valence-electron chi connectivity index (χ2n) is 9.07. The maximum absolute atomic E-state index is 12.8. The lowest BCUT2D eigenvalue weighted by Crippen LogP contribution is -2.47. The van der Waals surface area contributed by atoms with Crippen molar-refractivity contribution in [2.24, 2.45) is 0 Å². The Morgan fingerprint density at radius 2 is 1.89 bits per heavy atom. The summed E-state index contributed by atoms with van der Waals surface area (Å²) in [7, 11) is -6.02. The summed E-state index contributed by atoms with van der Waals surface area (Å²) in [6, 6.07) is 5.53. The molecule has 4 N–H and O–H groups in total. The van der Waals surface area contributed by atoms with Crippen molar-refractivity contribution in [3.63, 3.8) is 0 Å². The third kappa shape index (κ3) is 6.54. The molecule has 204 valence electrons. The molecule has 0 saturated carbocycles. The smallest absolute Gasteiger partial charge is 0.313 e. The molecular weight excluding hydrogens is 526 g/mol. The molecule has 2 aliphatic heterocycles. The van der Waals surface area contributed by atoms with Gasteiger partial charge in [0.25, 0.3) is 0 Å². The Balaban J connectivity index is 1.22. The number of aliphatic hydroxyl groups excluding tert-OH is 1. The molecule has 37 heavy (non-hydrogen) atoms. The highest BCUT2D eigenvalue weighted by Gasteiger charge is 2.44. The summed E-state index contributed by atoms with van der Waals surface area (Å²) in [5.41, 5.74) is -0.435. The van der Waals surface area contributed by atoms with E-state index in [1.165, 1.54) is 23.5 Å². The molecule has 0 bridgehead atoms. The zero-order chi connectivity index (χ0) is 26.7. The number of hydrogen-bond acceptors (Lipinski definition) is 11. The highest BCUT2D eigenvalue weighted by Crippen LogP contribution is 2.37. The minimum absolute atomic E-state index is 0.00703. The van der Waals surface area contributed by atoms with Gasteiger partial charge in [-0.2, -0.15) is 4.31 Å². The van der Waals surface area contributed by atoms with Crippen LogP contribution in [0, 0.1) is 0 Å². The van der Waals surface area contributed by atoms with Gasteiger partial charge in [-0.3, -0.25) is 0 Å². The van der Waals surface area contributed by atoms with E-state index in [9.17, 15) is 27.0 Å². The Morgan fingerprint density at radius 3 is 2.57 bits per heavy atom. The molecule has 2 atom stereocenters. The maximum Gasteiger partial charge on any atom is 0.313 e. The molecule has 0 aliphatic carbocycles. The van der Waals surface area contributed by atoms with Gasteiger partial charge in [-0.05, 0) is 38.4 Å². The predicted molar refractivity (Wildman–Crippen MR) is 131 cm³/mol. The van der Waals surface area contributed by atoms with Crippen LogP contribution in [0.25, 0.3) is 0 Å². The van der Waals surface area contributed by atoms with Crippen molar-refractivity contribution in [1.29, 1.82) is 0 Å². The molecule has 4 rings (SSSR count). The Kier molecular flexibility index (Phi) is 8.32. The molecule has 1 spiro atoms. The highest BCUT2D eigenvalue weighted by molar-refractivity contribution is 7.89. The number of aromatic hydroxyl groups is 1. The van der Waals surface area contributed by atoms with Gasteiger partial charge in [-0.1, -0.05) is 6.07 Å². The number of benzene rings is 1. The van der Waals surface area contributed by atoms with Gasteiger partial charge in [-0.25, -0.2) is 31.5 Å².